The van der Waals surface area contributed by atoms with E-state index in [4.69, 9.17) is 14.4 Å². The first-order chi connectivity index (χ1) is 18.3. The number of nitrogens with zero attached hydrogens (tertiary/aromatic N) is 2. The van der Waals surface area contributed by atoms with E-state index in [2.05, 4.69) is 78.9 Å². The topological polar surface area (TPSA) is 38.9 Å². The van der Waals surface area contributed by atoms with Gasteiger partial charge in [0.15, 0.2) is 5.82 Å². The van der Waals surface area contributed by atoms with Crippen molar-refractivity contribution in [3.8, 4) is 45.0 Å². The molecule has 0 atom stereocenters. The van der Waals surface area contributed by atoms with Gasteiger partial charge in [0, 0.05) is 27.5 Å². The van der Waals surface area contributed by atoms with Crippen LogP contribution >= 0.6 is 0 Å². The van der Waals surface area contributed by atoms with Gasteiger partial charge < -0.3 is 4.42 Å². The third kappa shape index (κ3) is 3.87. The number of hydrogen-bond donors (Lipinski definition) is 0. The van der Waals surface area contributed by atoms with E-state index in [9.17, 15) is 0 Å². The summed E-state index contributed by atoms with van der Waals surface area (Å²) in [5.74, 6) is 0.697. The molecule has 0 saturated carbocycles. The molecule has 0 aliphatic carbocycles. The van der Waals surface area contributed by atoms with Crippen molar-refractivity contribution in [3.63, 3.8) is 0 Å². The second-order valence-electron chi connectivity index (χ2n) is 9.06. The van der Waals surface area contributed by atoms with Crippen LogP contribution in [0.5, 0.6) is 0 Å². The first-order valence-corrected chi connectivity index (χ1v) is 12.3. The number of fused-ring (bicyclic) bond motifs is 3. The summed E-state index contributed by atoms with van der Waals surface area (Å²) < 4.78 is 6.36. The van der Waals surface area contributed by atoms with Crippen molar-refractivity contribution in [2.45, 2.75) is 0 Å². The summed E-state index contributed by atoms with van der Waals surface area (Å²) in [5, 5.41) is 2.14. The fourth-order valence-corrected chi connectivity index (χ4v) is 4.91. The summed E-state index contributed by atoms with van der Waals surface area (Å²) in [7, 11) is 0. The van der Waals surface area contributed by atoms with Crippen LogP contribution in [0.2, 0.25) is 0 Å². The van der Waals surface area contributed by atoms with Crippen molar-refractivity contribution < 1.29 is 4.42 Å². The molecule has 0 N–H and O–H groups in total. The zero-order chi connectivity index (χ0) is 24.6. The molecule has 174 valence electrons. The van der Waals surface area contributed by atoms with Gasteiger partial charge >= 0.3 is 0 Å². The van der Waals surface area contributed by atoms with Gasteiger partial charge in [0.1, 0.15) is 11.2 Å². The third-order valence-electron chi connectivity index (χ3n) is 6.69. The molecule has 3 nitrogen and oxygen atoms in total. The van der Waals surface area contributed by atoms with Crippen LogP contribution in [0, 0.1) is 0 Å². The molecule has 7 aromatic rings. The highest BCUT2D eigenvalue weighted by Crippen LogP contribution is 2.40. The summed E-state index contributed by atoms with van der Waals surface area (Å²) in [5.41, 5.74) is 8.73. The van der Waals surface area contributed by atoms with Crippen LogP contribution < -0.4 is 0 Å². The molecule has 0 amide bonds. The second kappa shape index (κ2) is 8.89. The molecule has 0 radical (unpaired) electrons. The van der Waals surface area contributed by atoms with E-state index in [1.807, 2.05) is 54.6 Å². The SMILES string of the molecule is c1ccc(-c2cc(-c3cc(-c4ccccc4)nc(-c4ccccc4)n3)c3c(c2)oc2ccccc23)cc1. The lowest BCUT2D eigenvalue weighted by Gasteiger charge is -2.12. The van der Waals surface area contributed by atoms with Gasteiger partial charge in [0.05, 0.1) is 11.4 Å². The smallest absolute Gasteiger partial charge is 0.160 e. The number of benzene rings is 5. The Morgan fingerprint density at radius 2 is 1.03 bits per heavy atom. The van der Waals surface area contributed by atoms with Gasteiger partial charge in [-0.2, -0.15) is 0 Å². The normalized spacial score (nSPS) is 11.2. The van der Waals surface area contributed by atoms with Crippen molar-refractivity contribution in [2.24, 2.45) is 0 Å². The molecular formula is C34H22N2O. The summed E-state index contributed by atoms with van der Waals surface area (Å²) in [6.45, 7) is 0. The van der Waals surface area contributed by atoms with Crippen LogP contribution in [0.4, 0.5) is 0 Å². The minimum Gasteiger partial charge on any atom is -0.456 e. The largest absolute Gasteiger partial charge is 0.456 e. The van der Waals surface area contributed by atoms with Gasteiger partial charge in [-0.25, -0.2) is 9.97 Å². The summed E-state index contributed by atoms with van der Waals surface area (Å²) in [6.07, 6.45) is 0. The van der Waals surface area contributed by atoms with Gasteiger partial charge in [0.25, 0.3) is 0 Å². The number of para-hydroxylation sites is 1. The molecule has 7 rings (SSSR count). The number of aromatic nitrogens is 2. The fourth-order valence-electron chi connectivity index (χ4n) is 4.91. The molecule has 0 spiro atoms. The van der Waals surface area contributed by atoms with Crippen molar-refractivity contribution in [3.05, 3.63) is 133 Å². The standard InChI is InChI=1S/C34H22N2O/c1-4-12-23(13-5-1)26-20-28(33-27-18-10-11-19-31(27)37-32(33)21-26)30-22-29(24-14-6-2-7-15-24)35-34(36-30)25-16-8-3-9-17-25/h1-22H. The van der Waals surface area contributed by atoms with Crippen molar-refractivity contribution >= 4 is 21.9 Å². The lowest BCUT2D eigenvalue weighted by Crippen LogP contribution is -1.96. The molecule has 0 bridgehead atoms. The van der Waals surface area contributed by atoms with Crippen LogP contribution in [0.15, 0.2) is 138 Å². The fraction of sp³-hybridized carbons (Fsp3) is 0. The molecular weight excluding hydrogens is 452 g/mol. The number of hydrogen-bond acceptors (Lipinski definition) is 3. The monoisotopic (exact) mass is 474 g/mol. The Bertz CT molecular complexity index is 1800. The van der Waals surface area contributed by atoms with Crippen molar-refractivity contribution in [1.82, 2.24) is 9.97 Å². The lowest BCUT2D eigenvalue weighted by atomic mass is 9.96. The first kappa shape index (κ1) is 21.3. The van der Waals surface area contributed by atoms with E-state index >= 15 is 0 Å². The Balaban J connectivity index is 1.56. The molecule has 5 aromatic carbocycles. The van der Waals surface area contributed by atoms with Crippen LogP contribution in [0.1, 0.15) is 0 Å². The Hall–Kier alpha value is -5.02. The molecule has 0 aliphatic rings. The Morgan fingerprint density at radius 3 is 1.76 bits per heavy atom. The predicted octanol–water partition coefficient (Wildman–Crippen LogP) is 9.04. The number of furan rings is 1. The summed E-state index contributed by atoms with van der Waals surface area (Å²) in [4.78, 5) is 10.1. The van der Waals surface area contributed by atoms with E-state index in [0.29, 0.717) is 5.82 Å². The summed E-state index contributed by atoms with van der Waals surface area (Å²) in [6, 6.07) is 45.5. The highest BCUT2D eigenvalue weighted by molar-refractivity contribution is 6.13. The van der Waals surface area contributed by atoms with Gasteiger partial charge in [-0.05, 0) is 35.4 Å². The van der Waals surface area contributed by atoms with E-state index in [1.54, 1.807) is 0 Å². The van der Waals surface area contributed by atoms with Crippen molar-refractivity contribution in [2.75, 3.05) is 0 Å². The maximum Gasteiger partial charge on any atom is 0.160 e. The van der Waals surface area contributed by atoms with Gasteiger partial charge in [-0.1, -0.05) is 109 Å². The quantitative estimate of drug-likeness (QED) is 0.255. The molecule has 0 saturated heterocycles. The average molecular weight is 475 g/mol. The highest BCUT2D eigenvalue weighted by Gasteiger charge is 2.18. The van der Waals surface area contributed by atoms with Crippen LogP contribution in [0.3, 0.4) is 0 Å². The third-order valence-corrected chi connectivity index (χ3v) is 6.69. The predicted molar refractivity (Wildman–Crippen MR) is 151 cm³/mol. The Kier molecular flexibility index (Phi) is 5.11. The molecule has 0 fully saturated rings. The van der Waals surface area contributed by atoms with Crippen molar-refractivity contribution in [1.29, 1.82) is 0 Å². The van der Waals surface area contributed by atoms with Gasteiger partial charge in [-0.3, -0.25) is 0 Å². The zero-order valence-electron chi connectivity index (χ0n) is 20.0. The Morgan fingerprint density at radius 1 is 0.432 bits per heavy atom. The van der Waals surface area contributed by atoms with E-state index in [-0.39, 0.29) is 0 Å². The first-order valence-electron chi connectivity index (χ1n) is 12.3. The highest BCUT2D eigenvalue weighted by atomic mass is 16.3. The molecule has 0 unspecified atom stereocenters. The number of rotatable bonds is 4. The second-order valence-corrected chi connectivity index (χ2v) is 9.06. The molecule has 0 aliphatic heterocycles. The average Bonchev–Trinajstić information content (AvgIpc) is 3.36. The van der Waals surface area contributed by atoms with E-state index in [0.717, 1.165) is 61.1 Å². The van der Waals surface area contributed by atoms with E-state index in [1.165, 1.54) is 0 Å². The zero-order valence-corrected chi connectivity index (χ0v) is 20.0. The summed E-state index contributed by atoms with van der Waals surface area (Å²) >= 11 is 0. The molecule has 2 aromatic heterocycles. The molecule has 37 heavy (non-hydrogen) atoms. The van der Waals surface area contributed by atoms with Crippen LogP contribution in [0.25, 0.3) is 67.0 Å². The van der Waals surface area contributed by atoms with Gasteiger partial charge in [-0.15, -0.1) is 0 Å². The molecule has 2 heterocycles. The Labute approximate surface area is 214 Å². The minimum atomic E-state index is 0.697. The maximum absolute atomic E-state index is 6.36. The lowest BCUT2D eigenvalue weighted by molar-refractivity contribution is 0.669. The van der Waals surface area contributed by atoms with Crippen LogP contribution in [-0.2, 0) is 0 Å². The maximum atomic E-state index is 6.36. The minimum absolute atomic E-state index is 0.697. The van der Waals surface area contributed by atoms with E-state index < -0.39 is 0 Å². The van der Waals surface area contributed by atoms with Crippen LogP contribution in [-0.4, -0.2) is 9.97 Å². The molecule has 3 heteroatoms. The van der Waals surface area contributed by atoms with Gasteiger partial charge in [0.2, 0.25) is 0 Å².